The first-order chi connectivity index (χ1) is 10.8. The second-order valence-electron chi connectivity index (χ2n) is 7.75. The standard InChI is InChI=1S/C19H24N4/c1-5-16-14-8-12(18(2,3)4)6-7-13(14)15(9-20)17(23)19(16,10-21)11-22/h7,12,14,16H,5-6,8,23H2,1-4H3/t12-,14-,16-/m0/s1. The van der Waals surface area contributed by atoms with Gasteiger partial charge in [-0.2, -0.15) is 15.8 Å². The van der Waals surface area contributed by atoms with Gasteiger partial charge in [-0.25, -0.2) is 0 Å². The molecule has 23 heavy (non-hydrogen) atoms. The van der Waals surface area contributed by atoms with E-state index in [1.54, 1.807) is 0 Å². The first-order valence-electron chi connectivity index (χ1n) is 8.20. The number of allylic oxidation sites excluding steroid dienone is 4. The summed E-state index contributed by atoms with van der Waals surface area (Å²) in [6, 6.07) is 6.45. The van der Waals surface area contributed by atoms with E-state index in [4.69, 9.17) is 5.73 Å². The number of fused-ring (bicyclic) bond motifs is 1. The number of rotatable bonds is 1. The van der Waals surface area contributed by atoms with Crippen LogP contribution in [-0.2, 0) is 0 Å². The maximum absolute atomic E-state index is 9.73. The van der Waals surface area contributed by atoms with Gasteiger partial charge in [-0.15, -0.1) is 0 Å². The lowest BCUT2D eigenvalue weighted by Gasteiger charge is -2.46. The van der Waals surface area contributed by atoms with Gasteiger partial charge < -0.3 is 5.73 Å². The van der Waals surface area contributed by atoms with E-state index in [9.17, 15) is 15.8 Å². The fourth-order valence-corrected chi connectivity index (χ4v) is 4.21. The highest BCUT2D eigenvalue weighted by Gasteiger charge is 2.53. The minimum atomic E-state index is -1.39. The zero-order valence-corrected chi connectivity index (χ0v) is 14.3. The predicted octanol–water partition coefficient (Wildman–Crippen LogP) is 3.79. The van der Waals surface area contributed by atoms with E-state index in [2.05, 4.69) is 45.1 Å². The summed E-state index contributed by atoms with van der Waals surface area (Å²) < 4.78 is 0. The molecular weight excluding hydrogens is 284 g/mol. The van der Waals surface area contributed by atoms with Gasteiger partial charge in [0, 0.05) is 5.92 Å². The van der Waals surface area contributed by atoms with Gasteiger partial charge >= 0.3 is 0 Å². The molecule has 0 radical (unpaired) electrons. The summed E-state index contributed by atoms with van der Waals surface area (Å²) in [6.07, 6.45) is 4.63. The van der Waals surface area contributed by atoms with E-state index in [-0.39, 0.29) is 22.9 Å². The monoisotopic (exact) mass is 308 g/mol. The van der Waals surface area contributed by atoms with Crippen molar-refractivity contribution in [2.75, 3.05) is 0 Å². The highest BCUT2D eigenvalue weighted by Crippen LogP contribution is 2.54. The molecule has 0 unspecified atom stereocenters. The van der Waals surface area contributed by atoms with Crippen LogP contribution in [0.4, 0.5) is 0 Å². The lowest BCUT2D eigenvalue weighted by Crippen LogP contribution is -2.45. The van der Waals surface area contributed by atoms with Gasteiger partial charge in [0.25, 0.3) is 0 Å². The highest BCUT2D eigenvalue weighted by atomic mass is 14.7. The van der Waals surface area contributed by atoms with Crippen LogP contribution in [0.2, 0.25) is 0 Å². The first-order valence-corrected chi connectivity index (χ1v) is 8.20. The van der Waals surface area contributed by atoms with E-state index in [0.717, 1.165) is 18.4 Å². The van der Waals surface area contributed by atoms with E-state index in [0.29, 0.717) is 17.9 Å². The molecule has 2 aliphatic carbocycles. The summed E-state index contributed by atoms with van der Waals surface area (Å²) in [5.41, 5.74) is 6.38. The van der Waals surface area contributed by atoms with Crippen LogP contribution < -0.4 is 5.73 Å². The molecule has 4 heteroatoms. The topological polar surface area (TPSA) is 97.4 Å². The molecule has 0 aliphatic heterocycles. The molecule has 0 aromatic rings. The van der Waals surface area contributed by atoms with Crippen LogP contribution in [0.25, 0.3) is 0 Å². The minimum Gasteiger partial charge on any atom is -0.399 e. The second-order valence-corrected chi connectivity index (χ2v) is 7.75. The van der Waals surface area contributed by atoms with Gasteiger partial charge in [-0.3, -0.25) is 0 Å². The Morgan fingerprint density at radius 2 is 1.87 bits per heavy atom. The van der Waals surface area contributed by atoms with Crippen molar-refractivity contribution in [1.82, 2.24) is 0 Å². The molecular formula is C19H24N4. The molecule has 2 rings (SSSR count). The van der Waals surface area contributed by atoms with E-state index in [1.165, 1.54) is 0 Å². The van der Waals surface area contributed by atoms with Gasteiger partial charge in [0.2, 0.25) is 0 Å². The molecule has 4 nitrogen and oxygen atoms in total. The summed E-state index contributed by atoms with van der Waals surface area (Å²) in [6.45, 7) is 8.66. The summed E-state index contributed by atoms with van der Waals surface area (Å²) >= 11 is 0. The van der Waals surface area contributed by atoms with E-state index in [1.807, 2.05) is 6.92 Å². The Balaban J connectivity index is 2.66. The summed E-state index contributed by atoms with van der Waals surface area (Å²) in [7, 11) is 0. The number of nitrogens with two attached hydrogens (primary N) is 1. The number of hydrogen-bond donors (Lipinski definition) is 1. The Labute approximate surface area is 138 Å². The van der Waals surface area contributed by atoms with Crippen LogP contribution in [0, 0.1) is 62.6 Å². The predicted molar refractivity (Wildman–Crippen MR) is 88.0 cm³/mol. The average molecular weight is 308 g/mol. The fourth-order valence-electron chi connectivity index (χ4n) is 4.21. The van der Waals surface area contributed by atoms with E-state index >= 15 is 0 Å². The van der Waals surface area contributed by atoms with Crippen LogP contribution in [0.15, 0.2) is 22.9 Å². The van der Waals surface area contributed by atoms with Crippen LogP contribution in [0.3, 0.4) is 0 Å². The van der Waals surface area contributed by atoms with Crippen molar-refractivity contribution in [1.29, 1.82) is 15.8 Å². The molecule has 3 atom stereocenters. The second kappa shape index (κ2) is 5.75. The van der Waals surface area contributed by atoms with Gasteiger partial charge in [0.15, 0.2) is 5.41 Å². The third-order valence-corrected chi connectivity index (χ3v) is 5.71. The van der Waals surface area contributed by atoms with Crippen molar-refractivity contribution in [3.05, 3.63) is 22.9 Å². The Kier molecular flexibility index (Phi) is 4.28. The lowest BCUT2D eigenvalue weighted by molar-refractivity contribution is 0.141. The maximum Gasteiger partial charge on any atom is 0.187 e. The number of nitrogens with zero attached hydrogens (tertiary/aromatic N) is 3. The Morgan fingerprint density at radius 1 is 1.26 bits per heavy atom. The average Bonchev–Trinajstić information content (AvgIpc) is 2.52. The van der Waals surface area contributed by atoms with Crippen molar-refractivity contribution in [3.8, 4) is 18.2 Å². The molecule has 0 fully saturated rings. The zero-order valence-electron chi connectivity index (χ0n) is 14.3. The number of nitriles is 3. The molecule has 0 spiro atoms. The molecule has 0 heterocycles. The maximum atomic E-state index is 9.73. The Morgan fingerprint density at radius 3 is 2.30 bits per heavy atom. The lowest BCUT2D eigenvalue weighted by atomic mass is 9.55. The first kappa shape index (κ1) is 17.1. The Hall–Kier alpha value is -2.25. The van der Waals surface area contributed by atoms with E-state index < -0.39 is 5.41 Å². The van der Waals surface area contributed by atoms with Gasteiger partial charge in [0.1, 0.15) is 6.07 Å². The fraction of sp³-hybridized carbons (Fsp3) is 0.632. The molecule has 0 saturated heterocycles. The molecule has 0 bridgehead atoms. The summed E-state index contributed by atoms with van der Waals surface area (Å²) in [5, 5.41) is 29.0. The molecule has 120 valence electrons. The largest absolute Gasteiger partial charge is 0.399 e. The van der Waals surface area contributed by atoms with Crippen LogP contribution >= 0.6 is 0 Å². The molecule has 2 N–H and O–H groups in total. The molecule has 2 aliphatic rings. The SMILES string of the molecule is CC[C@H]1[C@H]2C[C@@H](C(C)(C)C)CC=C2C(C#N)=C(N)C1(C#N)C#N. The zero-order chi connectivity index (χ0) is 17.4. The van der Waals surface area contributed by atoms with Gasteiger partial charge in [-0.05, 0) is 42.1 Å². The third-order valence-electron chi connectivity index (χ3n) is 5.71. The minimum absolute atomic E-state index is 0.0548. The highest BCUT2D eigenvalue weighted by molar-refractivity contribution is 5.56. The number of hydrogen-bond acceptors (Lipinski definition) is 4. The van der Waals surface area contributed by atoms with Crippen molar-refractivity contribution < 1.29 is 0 Å². The molecule has 0 amide bonds. The van der Waals surface area contributed by atoms with Crippen LogP contribution in [-0.4, -0.2) is 0 Å². The summed E-state index contributed by atoms with van der Waals surface area (Å²) in [4.78, 5) is 0. The van der Waals surface area contributed by atoms with Gasteiger partial charge in [0.05, 0.1) is 23.4 Å². The van der Waals surface area contributed by atoms with Crippen molar-refractivity contribution in [2.45, 2.75) is 47.0 Å². The van der Waals surface area contributed by atoms with Gasteiger partial charge in [-0.1, -0.05) is 33.8 Å². The normalized spacial score (nSPS) is 29.6. The Bertz CT molecular complexity index is 671. The quantitative estimate of drug-likeness (QED) is 0.796. The molecule has 0 aromatic heterocycles. The van der Waals surface area contributed by atoms with Crippen LogP contribution in [0.1, 0.15) is 47.0 Å². The summed E-state index contributed by atoms with van der Waals surface area (Å²) in [5.74, 6) is 0.366. The van der Waals surface area contributed by atoms with Crippen molar-refractivity contribution in [2.24, 2.45) is 34.3 Å². The molecule has 0 aromatic carbocycles. The van der Waals surface area contributed by atoms with Crippen molar-refractivity contribution in [3.63, 3.8) is 0 Å². The smallest absolute Gasteiger partial charge is 0.187 e. The molecule has 0 saturated carbocycles. The third kappa shape index (κ3) is 2.42. The van der Waals surface area contributed by atoms with Crippen LogP contribution in [0.5, 0.6) is 0 Å². The van der Waals surface area contributed by atoms with Crippen molar-refractivity contribution >= 4 is 0 Å².